The van der Waals surface area contributed by atoms with Crippen molar-refractivity contribution in [3.63, 3.8) is 0 Å². The van der Waals surface area contributed by atoms with Crippen LogP contribution in [0.4, 0.5) is 5.69 Å². The van der Waals surface area contributed by atoms with Crippen LogP contribution in [-0.4, -0.2) is 41.3 Å². The fourth-order valence-corrected chi connectivity index (χ4v) is 2.75. The molecule has 1 aromatic carbocycles. The largest absolute Gasteiger partial charge is 0.466 e. The lowest BCUT2D eigenvalue weighted by atomic mass is 10.1. The van der Waals surface area contributed by atoms with Gasteiger partial charge in [-0.1, -0.05) is 32.6 Å². The number of benzene rings is 1. The van der Waals surface area contributed by atoms with Crippen LogP contribution >= 0.6 is 0 Å². The van der Waals surface area contributed by atoms with E-state index >= 15 is 0 Å². The molecule has 2 unspecified atom stereocenters. The van der Waals surface area contributed by atoms with Crippen LogP contribution in [0, 0.1) is 0 Å². The van der Waals surface area contributed by atoms with Crippen molar-refractivity contribution in [2.24, 2.45) is 10.1 Å². The van der Waals surface area contributed by atoms with Crippen molar-refractivity contribution < 1.29 is 4.74 Å². The van der Waals surface area contributed by atoms with Gasteiger partial charge in [0.2, 0.25) is 5.43 Å². The number of hydrogen-bond acceptors (Lipinski definition) is 6. The molecule has 28 heavy (non-hydrogen) atoms. The standard InChI is InChI=1S/C19H21N5O2.C2H6/c1-5-14-10-15(6-7-17(14)20-3)13(2)26-19-18(25)8-9-24(22-19)16-11-21-23(4)12-16;1-2/h5-11,13,16H,1,3,12H2,2,4H3;1-2H3. The molecule has 2 atom stereocenters. The van der Waals surface area contributed by atoms with Gasteiger partial charge in [-0.3, -0.25) is 19.5 Å². The lowest BCUT2D eigenvalue weighted by Gasteiger charge is -2.17. The smallest absolute Gasteiger partial charge is 0.280 e. The van der Waals surface area contributed by atoms with E-state index in [2.05, 4.69) is 28.5 Å². The zero-order chi connectivity index (χ0) is 20.7. The molecule has 0 saturated carbocycles. The molecule has 2 heterocycles. The first-order valence-corrected chi connectivity index (χ1v) is 9.26. The second kappa shape index (κ2) is 9.64. The molecule has 0 spiro atoms. The molecule has 0 radical (unpaired) electrons. The zero-order valence-electron chi connectivity index (χ0n) is 16.9. The first-order valence-electron chi connectivity index (χ1n) is 9.26. The monoisotopic (exact) mass is 381 g/mol. The van der Waals surface area contributed by atoms with Crippen LogP contribution in [0.1, 0.15) is 44.0 Å². The van der Waals surface area contributed by atoms with Gasteiger partial charge in [0.25, 0.3) is 5.88 Å². The molecule has 0 saturated heterocycles. The average Bonchev–Trinajstić information content (AvgIpc) is 3.16. The van der Waals surface area contributed by atoms with Gasteiger partial charge in [0.05, 0.1) is 18.4 Å². The Kier molecular flexibility index (Phi) is 7.26. The number of hydrazone groups is 1. The van der Waals surface area contributed by atoms with Crippen LogP contribution in [0.15, 0.2) is 51.9 Å². The molecule has 0 aliphatic carbocycles. The Hall–Kier alpha value is -3.22. The predicted molar refractivity (Wildman–Crippen MR) is 115 cm³/mol. The SMILES string of the molecule is C=Cc1cc(C(C)Oc2nn(C3C=NN(C)C3)ccc2=O)ccc1N=C.CC. The topological polar surface area (TPSA) is 72.1 Å². The summed E-state index contributed by atoms with van der Waals surface area (Å²) in [5.41, 5.74) is 2.24. The van der Waals surface area contributed by atoms with E-state index < -0.39 is 0 Å². The number of aliphatic imine (C=N–C) groups is 1. The van der Waals surface area contributed by atoms with Crippen molar-refractivity contribution >= 4 is 24.7 Å². The fourth-order valence-electron chi connectivity index (χ4n) is 2.75. The van der Waals surface area contributed by atoms with E-state index in [9.17, 15) is 4.79 Å². The first-order chi connectivity index (χ1) is 13.5. The van der Waals surface area contributed by atoms with E-state index in [1.807, 2.05) is 51.0 Å². The molecular formula is C21H27N5O2. The van der Waals surface area contributed by atoms with Gasteiger partial charge in [-0.15, -0.1) is 5.10 Å². The number of ether oxygens (including phenoxy) is 1. The molecule has 1 aliphatic heterocycles. The molecule has 148 valence electrons. The maximum absolute atomic E-state index is 12.2. The number of aromatic nitrogens is 2. The van der Waals surface area contributed by atoms with E-state index in [4.69, 9.17) is 4.74 Å². The van der Waals surface area contributed by atoms with E-state index in [-0.39, 0.29) is 23.5 Å². The van der Waals surface area contributed by atoms with Crippen LogP contribution in [0.5, 0.6) is 5.88 Å². The molecule has 3 rings (SSSR count). The molecule has 2 aromatic rings. The Bertz CT molecular complexity index is 919. The molecular weight excluding hydrogens is 354 g/mol. The van der Waals surface area contributed by atoms with Gasteiger partial charge in [0, 0.05) is 19.3 Å². The predicted octanol–water partition coefficient (Wildman–Crippen LogP) is 3.86. The highest BCUT2D eigenvalue weighted by Crippen LogP contribution is 2.26. The lowest BCUT2D eigenvalue weighted by molar-refractivity contribution is 0.207. The Labute approximate surface area is 165 Å². The summed E-state index contributed by atoms with van der Waals surface area (Å²) in [5.74, 6) is 0.0639. The van der Waals surface area contributed by atoms with Gasteiger partial charge in [-0.05, 0) is 36.9 Å². The third kappa shape index (κ3) is 4.73. The summed E-state index contributed by atoms with van der Waals surface area (Å²) in [6.07, 6.45) is 4.80. The minimum absolute atomic E-state index is 0.0245. The van der Waals surface area contributed by atoms with Gasteiger partial charge in [-0.2, -0.15) is 5.10 Å². The highest BCUT2D eigenvalue weighted by molar-refractivity contribution is 5.66. The van der Waals surface area contributed by atoms with Crippen molar-refractivity contribution in [2.45, 2.75) is 32.9 Å². The summed E-state index contributed by atoms with van der Waals surface area (Å²) in [6, 6.07) is 7.09. The third-order valence-electron chi connectivity index (χ3n) is 4.22. The third-order valence-corrected chi connectivity index (χ3v) is 4.22. The molecule has 1 aliphatic rings. The second-order valence-electron chi connectivity index (χ2n) is 6.08. The zero-order valence-corrected chi connectivity index (χ0v) is 16.9. The Morgan fingerprint density at radius 2 is 2.11 bits per heavy atom. The maximum atomic E-state index is 12.2. The summed E-state index contributed by atoms with van der Waals surface area (Å²) >= 11 is 0. The van der Waals surface area contributed by atoms with E-state index in [0.29, 0.717) is 6.54 Å². The first kappa shape index (κ1) is 21.1. The summed E-state index contributed by atoms with van der Waals surface area (Å²) < 4.78 is 7.54. The number of hydrogen-bond donors (Lipinski definition) is 0. The van der Waals surface area contributed by atoms with Crippen molar-refractivity contribution in [2.75, 3.05) is 13.6 Å². The number of likely N-dealkylation sites (N-methyl/N-ethyl adjacent to an activating group) is 1. The quantitative estimate of drug-likeness (QED) is 0.713. The normalized spacial score (nSPS) is 16.1. The number of nitrogens with zero attached hydrogens (tertiary/aromatic N) is 5. The van der Waals surface area contributed by atoms with Gasteiger partial charge in [0.1, 0.15) is 12.1 Å². The van der Waals surface area contributed by atoms with Gasteiger partial charge >= 0.3 is 0 Å². The second-order valence-corrected chi connectivity index (χ2v) is 6.08. The average molecular weight is 381 g/mol. The molecule has 0 bridgehead atoms. The van der Waals surface area contributed by atoms with Crippen molar-refractivity contribution in [1.82, 2.24) is 14.8 Å². The molecule has 7 heteroatoms. The maximum Gasteiger partial charge on any atom is 0.280 e. The van der Waals surface area contributed by atoms with Crippen LogP contribution in [0.3, 0.4) is 0 Å². The lowest BCUT2D eigenvalue weighted by Crippen LogP contribution is -2.23. The van der Waals surface area contributed by atoms with Gasteiger partial charge in [0.15, 0.2) is 0 Å². The minimum Gasteiger partial charge on any atom is -0.466 e. The molecule has 0 N–H and O–H groups in total. The Morgan fingerprint density at radius 1 is 1.36 bits per heavy atom. The van der Waals surface area contributed by atoms with Gasteiger partial charge < -0.3 is 4.74 Å². The summed E-state index contributed by atoms with van der Waals surface area (Å²) in [7, 11) is 1.89. The highest BCUT2D eigenvalue weighted by atomic mass is 16.5. The van der Waals surface area contributed by atoms with Crippen LogP contribution < -0.4 is 10.2 Å². The molecule has 0 fully saturated rings. The van der Waals surface area contributed by atoms with Crippen molar-refractivity contribution in [3.05, 3.63) is 58.4 Å². The minimum atomic E-state index is -0.358. The summed E-state index contributed by atoms with van der Waals surface area (Å²) in [6.45, 7) is 13.9. The van der Waals surface area contributed by atoms with Crippen LogP contribution in [0.25, 0.3) is 6.08 Å². The highest BCUT2D eigenvalue weighted by Gasteiger charge is 2.19. The van der Waals surface area contributed by atoms with Crippen LogP contribution in [-0.2, 0) is 0 Å². The Morgan fingerprint density at radius 3 is 2.71 bits per heavy atom. The summed E-state index contributed by atoms with van der Waals surface area (Å²) in [5, 5.41) is 10.4. The van der Waals surface area contributed by atoms with E-state index in [0.717, 1.165) is 16.8 Å². The number of rotatable bonds is 6. The van der Waals surface area contributed by atoms with Crippen LogP contribution in [0.2, 0.25) is 0 Å². The van der Waals surface area contributed by atoms with Crippen molar-refractivity contribution in [3.8, 4) is 5.88 Å². The molecule has 1 aromatic heterocycles. The van der Waals surface area contributed by atoms with E-state index in [1.165, 1.54) is 6.07 Å². The van der Waals surface area contributed by atoms with Crippen molar-refractivity contribution in [1.29, 1.82) is 0 Å². The summed E-state index contributed by atoms with van der Waals surface area (Å²) in [4.78, 5) is 16.1. The van der Waals surface area contributed by atoms with E-state index in [1.54, 1.807) is 23.2 Å². The molecule has 0 amide bonds. The Balaban J connectivity index is 0.00000136. The van der Waals surface area contributed by atoms with Gasteiger partial charge in [-0.25, -0.2) is 0 Å². The fraction of sp³-hybridized carbons (Fsp3) is 0.333. The molecule has 7 nitrogen and oxygen atoms in total.